The topological polar surface area (TPSA) is 37.4 Å². The Morgan fingerprint density at radius 1 is 0.408 bits per heavy atom. The van der Waals surface area contributed by atoms with Crippen molar-refractivity contribution < 1.29 is 9.59 Å². The Morgan fingerprint density at radius 3 is 1.17 bits per heavy atom. The average molecular weight is 1120 g/mol. The Morgan fingerprint density at radius 2 is 0.776 bits per heavy atom. The maximum atomic E-state index is 16.0. The van der Waals surface area contributed by atoms with Crippen LogP contribution in [0.4, 0.5) is 0 Å². The number of Topliss-reactive ketones (excluding diaryl/α,β-unsaturated/α-hetero) is 1. The van der Waals surface area contributed by atoms with Gasteiger partial charge in [-0.1, -0.05) is 187 Å². The maximum absolute atomic E-state index is 16.0. The molecule has 0 bridgehead atoms. The fourth-order valence-electron chi connectivity index (χ4n) is 12.4. The molecule has 2 aliphatic rings. The van der Waals surface area contributed by atoms with Gasteiger partial charge in [-0.2, -0.15) is 0 Å². The molecule has 412 valence electrons. The minimum absolute atomic E-state index is 0.0509. The Kier molecular flexibility index (Phi) is 22.0. The molecule has 1 aliphatic heterocycles. The number of hydrogen-bond acceptors (Lipinski definition) is 7. The molecule has 1 aromatic carbocycles. The first-order valence-electron chi connectivity index (χ1n) is 30.5. The van der Waals surface area contributed by atoms with E-state index in [1.807, 2.05) is 45.8 Å². The summed E-state index contributed by atoms with van der Waals surface area (Å²) < 4.78 is 2.58. The van der Waals surface area contributed by atoms with Gasteiger partial charge in [0, 0.05) is 93.7 Å². The van der Waals surface area contributed by atoms with E-state index in [9.17, 15) is 4.79 Å². The predicted octanol–water partition coefficient (Wildman–Crippen LogP) is 21.3. The lowest BCUT2D eigenvalue weighted by molar-refractivity contribution is -0.108. The Hall–Kier alpha value is -3.14. The fraction of sp³-hybridized carbons (Fsp3) is 0.588. The lowest BCUT2D eigenvalue weighted by Gasteiger charge is -2.15. The van der Waals surface area contributed by atoms with Gasteiger partial charge in [0.2, 0.25) is 0 Å². The van der Waals surface area contributed by atoms with Crippen molar-refractivity contribution in [3.8, 4) is 9.75 Å². The van der Waals surface area contributed by atoms with Crippen LogP contribution >= 0.6 is 56.7 Å². The molecule has 5 aromatic heterocycles. The Labute approximate surface area is 479 Å². The smallest absolute Gasteiger partial charge is 0.260 e. The number of amides is 1. The summed E-state index contributed by atoms with van der Waals surface area (Å²) in [5.41, 5.74) is 9.24. The van der Waals surface area contributed by atoms with Gasteiger partial charge in [-0.15, -0.1) is 56.7 Å². The van der Waals surface area contributed by atoms with Gasteiger partial charge in [0.25, 0.3) is 5.91 Å². The van der Waals surface area contributed by atoms with E-state index in [2.05, 4.69) is 74.1 Å². The van der Waals surface area contributed by atoms with E-state index in [0.29, 0.717) is 6.54 Å². The van der Waals surface area contributed by atoms with Crippen LogP contribution in [-0.2, 0) is 17.6 Å². The molecule has 0 spiro atoms. The third kappa shape index (κ3) is 13.0. The summed E-state index contributed by atoms with van der Waals surface area (Å²) in [5, 5.41) is 5.03. The summed E-state index contributed by atoms with van der Waals surface area (Å²) in [6.45, 7) is 24.9. The summed E-state index contributed by atoms with van der Waals surface area (Å²) in [6, 6.07) is 5.07. The van der Waals surface area contributed by atoms with Crippen LogP contribution in [-0.4, -0.2) is 23.1 Å². The molecular formula is C68H93NO2S5. The zero-order valence-electron chi connectivity index (χ0n) is 48.6. The molecule has 0 atom stereocenters. The largest absolute Gasteiger partial charge is 0.309 e. The van der Waals surface area contributed by atoms with Gasteiger partial charge >= 0.3 is 0 Å². The Balaban J connectivity index is 1.10. The van der Waals surface area contributed by atoms with Crippen LogP contribution in [0.2, 0.25) is 0 Å². The number of ketones is 1. The highest BCUT2D eigenvalue weighted by Gasteiger charge is 2.39. The molecule has 0 unspecified atom stereocenters. The zero-order valence-corrected chi connectivity index (χ0v) is 52.7. The summed E-state index contributed by atoms with van der Waals surface area (Å²) in [6.07, 6.45) is 40.5. The number of nitrogens with zero attached hydrogens (tertiary/aromatic N) is 1. The van der Waals surface area contributed by atoms with Crippen molar-refractivity contribution in [2.75, 3.05) is 6.54 Å². The summed E-state index contributed by atoms with van der Waals surface area (Å²) in [5.74, 6) is 0.219. The second-order valence-electron chi connectivity index (χ2n) is 22.9. The quantitative estimate of drug-likeness (QED) is 0.0378. The number of benzene rings is 1. The highest BCUT2D eigenvalue weighted by molar-refractivity contribution is 7.24. The second kappa shape index (κ2) is 28.3. The summed E-state index contributed by atoms with van der Waals surface area (Å²) >= 11 is 9.20. The van der Waals surface area contributed by atoms with Crippen molar-refractivity contribution in [3.63, 3.8) is 0 Å². The van der Waals surface area contributed by atoms with E-state index in [1.54, 1.807) is 22.7 Å². The van der Waals surface area contributed by atoms with E-state index in [0.717, 1.165) is 76.0 Å². The molecule has 8 rings (SSSR count). The van der Waals surface area contributed by atoms with Crippen LogP contribution in [0.25, 0.3) is 46.8 Å². The van der Waals surface area contributed by atoms with Gasteiger partial charge in [0.1, 0.15) is 0 Å². The van der Waals surface area contributed by atoms with Gasteiger partial charge in [-0.25, -0.2) is 0 Å². The normalized spacial score (nSPS) is 13.6. The first-order valence-corrected chi connectivity index (χ1v) is 34.6. The van der Waals surface area contributed by atoms with Gasteiger partial charge < -0.3 is 4.90 Å². The molecule has 0 saturated heterocycles. The lowest BCUT2D eigenvalue weighted by atomic mass is 9.99. The van der Waals surface area contributed by atoms with E-state index < -0.39 is 0 Å². The lowest BCUT2D eigenvalue weighted by Crippen LogP contribution is -2.25. The second-order valence-corrected chi connectivity index (χ2v) is 28.7. The van der Waals surface area contributed by atoms with Gasteiger partial charge in [0.05, 0.1) is 10.4 Å². The van der Waals surface area contributed by atoms with Gasteiger partial charge in [-0.3, -0.25) is 9.59 Å². The minimum atomic E-state index is 0.0509. The minimum Gasteiger partial charge on any atom is -0.309 e. The summed E-state index contributed by atoms with van der Waals surface area (Å²) in [4.78, 5) is 41.6. The van der Waals surface area contributed by atoms with Gasteiger partial charge in [-0.05, 0) is 109 Å². The third-order valence-electron chi connectivity index (χ3n) is 17.3. The van der Waals surface area contributed by atoms with E-state index in [1.165, 1.54) is 236 Å². The molecular weight excluding hydrogens is 1020 g/mol. The molecule has 6 heterocycles. The monoisotopic (exact) mass is 1120 g/mol. The standard InChI is InChI=1S/C68H93NO2S5/c1-11-14-16-18-20-22-24-26-28-30-32-34-36-38-40-51-42-53-54-43-52(41-39-37-35-33-31-29-27-25-23-21-19-17-15-12-2)75-66(54)57-56(65(53)74-51)58(62-45(5)44(4)49(9)72-62)61(70)59(57)63-46(6)47(7)64(76-63)67-60-55(50(10)73-67)48(8)69(13-3)68(60)71/h42-43H,8,11-41H2,1-7,9-10H3. The third-order valence-corrected chi connectivity index (χ3v) is 23.8. The molecule has 3 nitrogen and oxygen atoms in total. The maximum Gasteiger partial charge on any atom is 0.260 e. The van der Waals surface area contributed by atoms with Crippen LogP contribution < -0.4 is 10.4 Å². The van der Waals surface area contributed by atoms with Crippen LogP contribution in [0, 0.1) is 41.5 Å². The van der Waals surface area contributed by atoms with Crippen molar-refractivity contribution >= 4 is 105 Å². The number of hydrogen-bond donors (Lipinski definition) is 0. The number of thiophene rings is 5. The molecule has 1 amide bonds. The average Bonchev–Trinajstić information content (AvgIpc) is 4.32. The number of aryl methyl sites for hydroxylation is 4. The van der Waals surface area contributed by atoms with Gasteiger partial charge in [0.15, 0.2) is 5.78 Å². The molecule has 76 heavy (non-hydrogen) atoms. The van der Waals surface area contributed by atoms with Crippen LogP contribution in [0.5, 0.6) is 0 Å². The van der Waals surface area contributed by atoms with Crippen molar-refractivity contribution in [1.82, 2.24) is 4.90 Å². The van der Waals surface area contributed by atoms with Crippen molar-refractivity contribution in [1.29, 1.82) is 0 Å². The molecule has 1 aliphatic carbocycles. The molecule has 0 saturated carbocycles. The van der Waals surface area contributed by atoms with Crippen molar-refractivity contribution in [2.24, 2.45) is 0 Å². The number of carbonyl (C=O) groups is 2. The molecule has 0 N–H and O–H groups in total. The zero-order chi connectivity index (χ0) is 53.9. The highest BCUT2D eigenvalue weighted by Crippen LogP contribution is 2.51. The number of carbonyl (C=O) groups excluding carboxylic acids is 2. The van der Waals surface area contributed by atoms with Crippen LogP contribution in [0.3, 0.4) is 0 Å². The highest BCUT2D eigenvalue weighted by atomic mass is 32.1. The van der Waals surface area contributed by atoms with Crippen molar-refractivity contribution in [3.05, 3.63) is 91.8 Å². The molecule has 0 fully saturated rings. The summed E-state index contributed by atoms with van der Waals surface area (Å²) in [7, 11) is 0. The molecule has 8 heteroatoms. The first-order chi connectivity index (χ1) is 36.9. The number of unbranched alkanes of at least 4 members (excludes halogenated alkanes) is 26. The SMILES string of the molecule is C=C1c2c(C)sc(-c3sc(C4=c5c(c6sc(CCCCCCCCCCCCCCCC)cc6c6cc(CCCCCCCCCCCCCCCC)sc56)=C(c5sc(C)c(C)c5C)C4=O)c(C)c3C)c2C(=O)N1CC. The Bertz CT molecular complexity index is 3100. The van der Waals surface area contributed by atoms with E-state index >= 15 is 4.79 Å². The molecule has 0 radical (unpaired) electrons. The number of rotatable bonds is 34. The van der Waals surface area contributed by atoms with E-state index in [4.69, 9.17) is 0 Å². The van der Waals surface area contributed by atoms with Crippen molar-refractivity contribution in [2.45, 2.75) is 255 Å². The van der Waals surface area contributed by atoms with Crippen LogP contribution in [0.1, 0.15) is 268 Å². The van der Waals surface area contributed by atoms with Crippen LogP contribution in [0.15, 0.2) is 18.7 Å². The predicted molar refractivity (Wildman–Crippen MR) is 341 cm³/mol. The molecule has 6 aromatic rings. The van der Waals surface area contributed by atoms with E-state index in [-0.39, 0.29) is 11.7 Å². The fourth-order valence-corrected chi connectivity index (χ4v) is 18.9. The first kappa shape index (κ1) is 59.0. The number of fused-ring (bicyclic) bond motifs is 7.